The third-order valence-corrected chi connectivity index (χ3v) is 6.74. The molecule has 2 heteroatoms. The van der Waals surface area contributed by atoms with Crippen LogP contribution in [0.25, 0.3) is 17.0 Å². The van der Waals surface area contributed by atoms with Crippen LogP contribution in [0.15, 0.2) is 95.6 Å². The number of nitrogens with one attached hydrogen (secondary N) is 1. The second kappa shape index (κ2) is 6.05. The number of rotatable bonds is 2. The van der Waals surface area contributed by atoms with Crippen molar-refractivity contribution in [2.75, 3.05) is 0 Å². The van der Waals surface area contributed by atoms with E-state index in [1.54, 1.807) is 0 Å². The number of allylic oxidation sites excluding steroid dienone is 1. The molecule has 0 saturated heterocycles. The molecule has 0 radical (unpaired) electrons. The van der Waals surface area contributed by atoms with Crippen molar-refractivity contribution in [3.63, 3.8) is 0 Å². The number of aromatic amines is 1. The van der Waals surface area contributed by atoms with Crippen LogP contribution in [0.1, 0.15) is 29.3 Å². The van der Waals surface area contributed by atoms with Crippen molar-refractivity contribution in [1.82, 2.24) is 4.98 Å². The summed E-state index contributed by atoms with van der Waals surface area (Å²) in [7, 11) is 0. The van der Waals surface area contributed by atoms with Gasteiger partial charge in [-0.3, -0.25) is 4.99 Å². The highest BCUT2D eigenvalue weighted by Gasteiger charge is 2.49. The van der Waals surface area contributed by atoms with Gasteiger partial charge in [-0.15, -0.1) is 0 Å². The maximum absolute atomic E-state index is 5.26. The molecule has 2 nitrogen and oxygen atoms in total. The van der Waals surface area contributed by atoms with Gasteiger partial charge in [-0.05, 0) is 36.6 Å². The second-order valence-corrected chi connectivity index (χ2v) is 8.28. The Balaban J connectivity index is 1.59. The zero-order valence-corrected chi connectivity index (χ0v) is 16.4. The Morgan fingerprint density at radius 3 is 2.34 bits per heavy atom. The first-order valence-electron chi connectivity index (χ1n) is 10.3. The van der Waals surface area contributed by atoms with Crippen molar-refractivity contribution < 1.29 is 0 Å². The maximum atomic E-state index is 5.26. The average molecular weight is 374 g/mol. The summed E-state index contributed by atoms with van der Waals surface area (Å²) in [5.74, 6) is 0.320. The average Bonchev–Trinajstić information content (AvgIpc) is 3.29. The molecule has 1 aliphatic carbocycles. The van der Waals surface area contributed by atoms with Crippen molar-refractivity contribution in [1.29, 1.82) is 0 Å². The summed E-state index contributed by atoms with van der Waals surface area (Å²) < 4.78 is 0. The van der Waals surface area contributed by atoms with Crippen LogP contribution >= 0.6 is 0 Å². The van der Waals surface area contributed by atoms with Gasteiger partial charge in [0, 0.05) is 39.2 Å². The summed E-state index contributed by atoms with van der Waals surface area (Å²) in [6, 6.07) is 30.1. The van der Waals surface area contributed by atoms with E-state index in [1.165, 1.54) is 44.7 Å². The lowest BCUT2D eigenvalue weighted by molar-refractivity contribution is 0.451. The second-order valence-electron chi connectivity index (χ2n) is 8.28. The zero-order chi connectivity index (χ0) is 19.4. The van der Waals surface area contributed by atoms with Crippen LogP contribution in [0.5, 0.6) is 0 Å². The maximum Gasteiger partial charge on any atom is 0.0588 e. The molecule has 0 amide bonds. The van der Waals surface area contributed by atoms with Gasteiger partial charge in [-0.2, -0.15) is 0 Å². The number of hydrogen-bond acceptors (Lipinski definition) is 1. The number of para-hydroxylation sites is 1. The van der Waals surface area contributed by atoms with E-state index in [0.29, 0.717) is 5.92 Å². The van der Waals surface area contributed by atoms with Crippen molar-refractivity contribution in [2.45, 2.75) is 18.8 Å². The minimum Gasteiger partial charge on any atom is -0.358 e. The normalized spacial score (nSPS) is 22.7. The van der Waals surface area contributed by atoms with Crippen molar-refractivity contribution in [2.24, 2.45) is 10.9 Å². The molecule has 4 aromatic rings. The number of aliphatic imine (C=N–C) groups is 1. The lowest BCUT2D eigenvalue weighted by Gasteiger charge is -2.35. The summed E-state index contributed by atoms with van der Waals surface area (Å²) in [4.78, 5) is 8.94. The molecule has 2 atom stereocenters. The lowest BCUT2D eigenvalue weighted by Crippen LogP contribution is -2.38. The molecule has 0 spiro atoms. The molecule has 3 aromatic carbocycles. The van der Waals surface area contributed by atoms with Crippen LogP contribution in [0.3, 0.4) is 0 Å². The lowest BCUT2D eigenvalue weighted by atomic mass is 9.65. The first-order chi connectivity index (χ1) is 14.2. The van der Waals surface area contributed by atoms with E-state index in [9.17, 15) is 0 Å². The van der Waals surface area contributed by atoms with Crippen LogP contribution in [-0.2, 0) is 11.8 Å². The van der Waals surface area contributed by atoms with Crippen molar-refractivity contribution in [3.8, 4) is 0 Å². The fourth-order valence-corrected chi connectivity index (χ4v) is 5.21. The SMILES string of the molecule is CC1(c2ccccc2)C(c2ccccc2)=NC2=Cc3c([nH]c4ccccc34)CC21. The Morgan fingerprint density at radius 1 is 0.862 bits per heavy atom. The molecule has 0 saturated carbocycles. The van der Waals surface area contributed by atoms with Gasteiger partial charge in [0.15, 0.2) is 0 Å². The van der Waals surface area contributed by atoms with Gasteiger partial charge in [0.2, 0.25) is 0 Å². The minimum absolute atomic E-state index is 0.163. The van der Waals surface area contributed by atoms with E-state index in [-0.39, 0.29) is 5.41 Å². The molecule has 29 heavy (non-hydrogen) atoms. The quantitative estimate of drug-likeness (QED) is 0.436. The third-order valence-electron chi connectivity index (χ3n) is 6.74. The first kappa shape index (κ1) is 16.6. The Labute approximate surface area is 170 Å². The fourth-order valence-electron chi connectivity index (χ4n) is 5.21. The number of H-pyrrole nitrogens is 1. The van der Waals surface area contributed by atoms with E-state index in [2.05, 4.69) is 103 Å². The van der Waals surface area contributed by atoms with Gasteiger partial charge in [-0.1, -0.05) is 78.9 Å². The van der Waals surface area contributed by atoms with Crippen LogP contribution in [0.4, 0.5) is 0 Å². The molecular weight excluding hydrogens is 352 g/mol. The van der Waals surface area contributed by atoms with E-state index in [0.717, 1.165) is 6.42 Å². The number of hydrogen-bond donors (Lipinski definition) is 1. The van der Waals surface area contributed by atoms with Gasteiger partial charge < -0.3 is 4.98 Å². The first-order valence-corrected chi connectivity index (χ1v) is 10.3. The standard InChI is InChI=1S/C27H22N2/c1-27(19-12-6-3-7-13-19)22-17-24-21(20-14-8-9-15-23(20)28-24)16-25(22)29-26(27)18-10-4-2-5-11-18/h2-16,22,28H,17H2,1H3. The molecule has 2 heterocycles. The number of aromatic nitrogens is 1. The predicted octanol–water partition coefficient (Wildman–Crippen LogP) is 6.14. The summed E-state index contributed by atoms with van der Waals surface area (Å²) in [5, 5.41) is 1.29. The zero-order valence-electron chi connectivity index (χ0n) is 16.4. The Hall–Kier alpha value is -3.39. The summed E-state index contributed by atoms with van der Waals surface area (Å²) in [6.45, 7) is 2.37. The molecule has 1 N–H and O–H groups in total. The molecule has 140 valence electrons. The minimum atomic E-state index is -0.163. The molecule has 2 aliphatic rings. The van der Waals surface area contributed by atoms with Gasteiger partial charge in [0.25, 0.3) is 0 Å². The highest BCUT2D eigenvalue weighted by molar-refractivity contribution is 6.11. The number of benzene rings is 3. The van der Waals surface area contributed by atoms with E-state index in [4.69, 9.17) is 4.99 Å². The van der Waals surface area contributed by atoms with E-state index < -0.39 is 0 Å². The molecule has 2 unspecified atom stereocenters. The summed E-state index contributed by atoms with van der Waals surface area (Å²) >= 11 is 0. The molecule has 0 bridgehead atoms. The number of fused-ring (bicyclic) bond motifs is 4. The molecule has 0 fully saturated rings. The highest BCUT2D eigenvalue weighted by Crippen LogP contribution is 2.50. The fraction of sp³-hybridized carbons (Fsp3) is 0.148. The highest BCUT2D eigenvalue weighted by atomic mass is 14.9. The van der Waals surface area contributed by atoms with Crippen LogP contribution < -0.4 is 0 Å². The van der Waals surface area contributed by atoms with Crippen molar-refractivity contribution >= 4 is 22.7 Å². The number of nitrogens with zero attached hydrogens (tertiary/aromatic N) is 1. The smallest absolute Gasteiger partial charge is 0.0588 e. The third kappa shape index (κ3) is 2.32. The summed E-state index contributed by atoms with van der Waals surface area (Å²) in [6.07, 6.45) is 3.29. The van der Waals surface area contributed by atoms with Gasteiger partial charge in [-0.25, -0.2) is 0 Å². The topological polar surface area (TPSA) is 28.1 Å². The molecular formula is C27H22N2. The van der Waals surface area contributed by atoms with Crippen LogP contribution in [0.2, 0.25) is 0 Å². The van der Waals surface area contributed by atoms with Gasteiger partial charge in [0.05, 0.1) is 5.71 Å². The van der Waals surface area contributed by atoms with E-state index >= 15 is 0 Å². The van der Waals surface area contributed by atoms with Gasteiger partial charge >= 0.3 is 0 Å². The van der Waals surface area contributed by atoms with Crippen LogP contribution in [0, 0.1) is 5.92 Å². The Kier molecular flexibility index (Phi) is 3.45. The molecule has 1 aliphatic heterocycles. The summed E-state index contributed by atoms with van der Waals surface area (Å²) in [5.41, 5.74) is 8.60. The Bertz CT molecular complexity index is 1280. The molecule has 1 aromatic heterocycles. The van der Waals surface area contributed by atoms with E-state index in [1.807, 2.05) is 0 Å². The molecule has 6 rings (SSSR count). The Morgan fingerprint density at radius 2 is 1.55 bits per heavy atom. The van der Waals surface area contributed by atoms with Crippen LogP contribution in [-0.4, -0.2) is 10.7 Å². The largest absolute Gasteiger partial charge is 0.358 e. The monoisotopic (exact) mass is 374 g/mol. The van der Waals surface area contributed by atoms with Crippen molar-refractivity contribution in [3.05, 3.63) is 113 Å². The van der Waals surface area contributed by atoms with Gasteiger partial charge in [0.1, 0.15) is 0 Å². The predicted molar refractivity (Wildman–Crippen MR) is 120 cm³/mol.